The Bertz CT molecular complexity index is 366. The molecule has 1 aromatic rings. The SMILES string of the molecule is CCNC(c1ccccc1)C(C)N1CC(C)C(C)C1. The third-order valence-electron chi connectivity index (χ3n) is 4.66. The zero-order valence-corrected chi connectivity index (χ0v) is 12.8. The predicted molar refractivity (Wildman–Crippen MR) is 82.2 cm³/mol. The van der Waals surface area contributed by atoms with Crippen LogP contribution in [0, 0.1) is 11.8 Å². The second kappa shape index (κ2) is 6.53. The molecule has 0 spiro atoms. The number of benzene rings is 1. The molecule has 1 saturated heterocycles. The summed E-state index contributed by atoms with van der Waals surface area (Å²) in [4.78, 5) is 2.65. The smallest absolute Gasteiger partial charge is 0.0475 e. The van der Waals surface area contributed by atoms with Crippen LogP contribution in [-0.2, 0) is 0 Å². The fourth-order valence-corrected chi connectivity index (χ4v) is 3.16. The molecule has 2 rings (SSSR count). The van der Waals surface area contributed by atoms with Crippen LogP contribution in [0.15, 0.2) is 30.3 Å². The first-order valence-electron chi connectivity index (χ1n) is 7.65. The summed E-state index contributed by atoms with van der Waals surface area (Å²) in [6.45, 7) is 12.8. The van der Waals surface area contributed by atoms with Crippen molar-refractivity contribution in [2.75, 3.05) is 19.6 Å². The van der Waals surface area contributed by atoms with Crippen molar-refractivity contribution >= 4 is 0 Å². The Balaban J connectivity index is 2.11. The van der Waals surface area contributed by atoms with Gasteiger partial charge in [0.15, 0.2) is 0 Å². The second-order valence-corrected chi connectivity index (χ2v) is 6.10. The van der Waals surface area contributed by atoms with E-state index in [1.54, 1.807) is 0 Å². The zero-order valence-electron chi connectivity index (χ0n) is 12.8. The minimum absolute atomic E-state index is 0.434. The van der Waals surface area contributed by atoms with Crippen LogP contribution in [-0.4, -0.2) is 30.6 Å². The lowest BCUT2D eigenvalue weighted by molar-refractivity contribution is 0.199. The summed E-state index contributed by atoms with van der Waals surface area (Å²) in [5, 5.41) is 3.66. The molecule has 1 fully saturated rings. The van der Waals surface area contributed by atoms with Gasteiger partial charge in [-0.15, -0.1) is 0 Å². The summed E-state index contributed by atoms with van der Waals surface area (Å²) in [5.41, 5.74) is 1.41. The van der Waals surface area contributed by atoms with Crippen molar-refractivity contribution in [3.05, 3.63) is 35.9 Å². The van der Waals surface area contributed by atoms with Crippen molar-refractivity contribution in [3.8, 4) is 0 Å². The lowest BCUT2D eigenvalue weighted by Crippen LogP contribution is -2.42. The van der Waals surface area contributed by atoms with E-state index in [2.05, 4.69) is 68.2 Å². The standard InChI is InChI=1S/C17H28N2/c1-5-18-17(16-9-7-6-8-10-16)15(4)19-11-13(2)14(3)12-19/h6-10,13-15,17-18H,5,11-12H2,1-4H3. The lowest BCUT2D eigenvalue weighted by atomic mass is 9.99. The van der Waals surface area contributed by atoms with Gasteiger partial charge in [0.2, 0.25) is 0 Å². The summed E-state index contributed by atoms with van der Waals surface area (Å²) in [5.74, 6) is 1.64. The van der Waals surface area contributed by atoms with Crippen LogP contribution in [0.2, 0.25) is 0 Å². The third kappa shape index (κ3) is 3.37. The van der Waals surface area contributed by atoms with E-state index in [-0.39, 0.29) is 0 Å². The molecule has 1 aliphatic rings. The fraction of sp³-hybridized carbons (Fsp3) is 0.647. The number of hydrogen-bond acceptors (Lipinski definition) is 2. The Labute approximate surface area is 118 Å². The highest BCUT2D eigenvalue weighted by Crippen LogP contribution is 2.29. The number of hydrogen-bond donors (Lipinski definition) is 1. The highest BCUT2D eigenvalue weighted by Gasteiger charge is 2.32. The van der Waals surface area contributed by atoms with E-state index in [0.29, 0.717) is 12.1 Å². The first kappa shape index (κ1) is 14.5. The van der Waals surface area contributed by atoms with Gasteiger partial charge in [0.1, 0.15) is 0 Å². The molecule has 0 radical (unpaired) electrons. The molecule has 0 aromatic heterocycles. The van der Waals surface area contributed by atoms with Gasteiger partial charge in [0, 0.05) is 25.2 Å². The predicted octanol–water partition coefficient (Wildman–Crippen LogP) is 3.31. The van der Waals surface area contributed by atoms with E-state index in [0.717, 1.165) is 18.4 Å². The average Bonchev–Trinajstić information content (AvgIpc) is 2.76. The molecule has 1 heterocycles. The Morgan fingerprint density at radius 2 is 1.74 bits per heavy atom. The van der Waals surface area contributed by atoms with Crippen LogP contribution in [0.25, 0.3) is 0 Å². The highest BCUT2D eigenvalue weighted by atomic mass is 15.2. The molecule has 19 heavy (non-hydrogen) atoms. The van der Waals surface area contributed by atoms with Gasteiger partial charge in [-0.05, 0) is 30.9 Å². The largest absolute Gasteiger partial charge is 0.309 e. The minimum Gasteiger partial charge on any atom is -0.309 e. The van der Waals surface area contributed by atoms with Crippen LogP contribution in [0.1, 0.15) is 39.3 Å². The van der Waals surface area contributed by atoms with Gasteiger partial charge in [-0.3, -0.25) is 4.90 Å². The second-order valence-electron chi connectivity index (χ2n) is 6.10. The first-order chi connectivity index (χ1) is 9.13. The van der Waals surface area contributed by atoms with E-state index in [1.807, 2.05) is 0 Å². The Morgan fingerprint density at radius 1 is 1.16 bits per heavy atom. The van der Waals surface area contributed by atoms with Crippen LogP contribution < -0.4 is 5.32 Å². The van der Waals surface area contributed by atoms with Crippen LogP contribution in [0.4, 0.5) is 0 Å². The van der Waals surface area contributed by atoms with Gasteiger partial charge in [-0.25, -0.2) is 0 Å². The maximum Gasteiger partial charge on any atom is 0.0475 e. The van der Waals surface area contributed by atoms with Crippen molar-refractivity contribution in [3.63, 3.8) is 0 Å². The number of rotatable bonds is 5. The summed E-state index contributed by atoms with van der Waals surface area (Å²) in [6.07, 6.45) is 0. The molecule has 2 heteroatoms. The summed E-state index contributed by atoms with van der Waals surface area (Å²) in [6, 6.07) is 11.8. The maximum absolute atomic E-state index is 3.66. The quantitative estimate of drug-likeness (QED) is 0.874. The van der Waals surface area contributed by atoms with E-state index in [9.17, 15) is 0 Å². The van der Waals surface area contributed by atoms with Gasteiger partial charge in [-0.1, -0.05) is 51.1 Å². The van der Waals surface area contributed by atoms with Gasteiger partial charge >= 0.3 is 0 Å². The molecule has 0 saturated carbocycles. The summed E-state index contributed by atoms with van der Waals surface area (Å²) < 4.78 is 0. The van der Waals surface area contributed by atoms with E-state index >= 15 is 0 Å². The zero-order chi connectivity index (χ0) is 13.8. The van der Waals surface area contributed by atoms with Crippen molar-refractivity contribution in [2.45, 2.75) is 39.8 Å². The molecule has 4 unspecified atom stereocenters. The maximum atomic E-state index is 3.66. The highest BCUT2D eigenvalue weighted by molar-refractivity contribution is 5.20. The molecular weight excluding hydrogens is 232 g/mol. The van der Waals surface area contributed by atoms with Gasteiger partial charge in [0.25, 0.3) is 0 Å². The van der Waals surface area contributed by atoms with Crippen molar-refractivity contribution < 1.29 is 0 Å². The number of nitrogens with zero attached hydrogens (tertiary/aromatic N) is 1. The van der Waals surface area contributed by atoms with E-state index < -0.39 is 0 Å². The number of likely N-dealkylation sites (N-methyl/N-ethyl adjacent to an activating group) is 1. The average molecular weight is 260 g/mol. The molecule has 1 aromatic carbocycles. The Kier molecular flexibility index (Phi) is 5.00. The number of likely N-dealkylation sites (tertiary alicyclic amines) is 1. The monoisotopic (exact) mass is 260 g/mol. The minimum atomic E-state index is 0.434. The molecule has 0 amide bonds. The summed E-state index contributed by atoms with van der Waals surface area (Å²) in [7, 11) is 0. The normalized spacial score (nSPS) is 27.4. The van der Waals surface area contributed by atoms with Crippen molar-refractivity contribution in [1.29, 1.82) is 0 Å². The van der Waals surface area contributed by atoms with E-state index in [4.69, 9.17) is 0 Å². The van der Waals surface area contributed by atoms with Gasteiger partial charge in [0.05, 0.1) is 0 Å². The molecule has 106 valence electrons. The van der Waals surface area contributed by atoms with Crippen LogP contribution >= 0.6 is 0 Å². The summed E-state index contributed by atoms with van der Waals surface area (Å²) >= 11 is 0. The molecule has 1 N–H and O–H groups in total. The molecular formula is C17H28N2. The van der Waals surface area contributed by atoms with Crippen molar-refractivity contribution in [2.24, 2.45) is 11.8 Å². The molecule has 0 bridgehead atoms. The molecule has 0 aliphatic carbocycles. The lowest BCUT2D eigenvalue weighted by Gasteiger charge is -2.33. The Hall–Kier alpha value is -0.860. The number of nitrogens with one attached hydrogen (secondary N) is 1. The van der Waals surface area contributed by atoms with Crippen LogP contribution in [0.3, 0.4) is 0 Å². The van der Waals surface area contributed by atoms with E-state index in [1.165, 1.54) is 18.7 Å². The topological polar surface area (TPSA) is 15.3 Å². The third-order valence-corrected chi connectivity index (χ3v) is 4.66. The van der Waals surface area contributed by atoms with Crippen LogP contribution in [0.5, 0.6) is 0 Å². The molecule has 1 aliphatic heterocycles. The first-order valence-corrected chi connectivity index (χ1v) is 7.65. The fourth-order valence-electron chi connectivity index (χ4n) is 3.16. The van der Waals surface area contributed by atoms with Gasteiger partial charge in [-0.2, -0.15) is 0 Å². The Morgan fingerprint density at radius 3 is 2.26 bits per heavy atom. The molecule has 4 atom stereocenters. The van der Waals surface area contributed by atoms with Crippen molar-refractivity contribution in [1.82, 2.24) is 10.2 Å². The molecule has 2 nitrogen and oxygen atoms in total. The van der Waals surface area contributed by atoms with Gasteiger partial charge < -0.3 is 5.32 Å².